The number of rotatable bonds is 3. The third kappa shape index (κ3) is 2.37. The Bertz CT molecular complexity index is 706. The number of benzene rings is 2. The quantitative estimate of drug-likeness (QED) is 0.716. The normalized spacial score (nSPS) is 10.8. The highest BCUT2D eigenvalue weighted by Crippen LogP contribution is 2.30. The van der Waals surface area contributed by atoms with Gasteiger partial charge >= 0.3 is 0 Å². The summed E-state index contributed by atoms with van der Waals surface area (Å²) in [7, 11) is 0. The number of fused-ring (bicyclic) bond motifs is 1. The minimum Gasteiger partial charge on any atom is -0.395 e. The van der Waals surface area contributed by atoms with E-state index in [0.717, 1.165) is 21.5 Å². The molecule has 3 rings (SSSR count). The summed E-state index contributed by atoms with van der Waals surface area (Å²) in [5, 5.41) is 3.25. The maximum Gasteiger partial charge on any atom is 0.123 e. The first-order chi connectivity index (χ1) is 9.24. The van der Waals surface area contributed by atoms with Crippen LogP contribution in [0.25, 0.3) is 10.2 Å². The van der Waals surface area contributed by atoms with Crippen molar-refractivity contribution in [2.75, 3.05) is 11.1 Å². The average Bonchev–Trinajstić information content (AvgIpc) is 2.89. The van der Waals surface area contributed by atoms with Crippen LogP contribution in [-0.2, 0) is 6.54 Å². The van der Waals surface area contributed by atoms with E-state index < -0.39 is 0 Å². The van der Waals surface area contributed by atoms with Crippen molar-refractivity contribution in [3.05, 3.63) is 53.3 Å². The van der Waals surface area contributed by atoms with Crippen LogP contribution < -0.4 is 11.1 Å². The van der Waals surface area contributed by atoms with Crippen molar-refractivity contribution in [3.63, 3.8) is 0 Å². The predicted molar refractivity (Wildman–Crippen MR) is 77.8 cm³/mol. The molecular weight excluding hydrogens is 261 g/mol. The van der Waals surface area contributed by atoms with Crippen molar-refractivity contribution in [3.8, 4) is 0 Å². The molecule has 0 saturated carbocycles. The summed E-state index contributed by atoms with van der Waals surface area (Å²) in [4.78, 5) is 4.25. The molecule has 1 aromatic heterocycles. The van der Waals surface area contributed by atoms with Crippen LogP contribution in [0.15, 0.2) is 41.9 Å². The van der Waals surface area contributed by atoms with E-state index >= 15 is 0 Å². The van der Waals surface area contributed by atoms with Crippen molar-refractivity contribution in [2.24, 2.45) is 0 Å². The Morgan fingerprint density at radius 3 is 2.74 bits per heavy atom. The molecule has 0 radical (unpaired) electrons. The van der Waals surface area contributed by atoms with E-state index in [9.17, 15) is 4.39 Å². The van der Waals surface area contributed by atoms with Crippen LogP contribution in [0.2, 0.25) is 0 Å². The summed E-state index contributed by atoms with van der Waals surface area (Å²) in [6.07, 6.45) is 0. The topological polar surface area (TPSA) is 50.9 Å². The zero-order valence-corrected chi connectivity index (χ0v) is 10.9. The van der Waals surface area contributed by atoms with Gasteiger partial charge in [-0.3, -0.25) is 0 Å². The largest absolute Gasteiger partial charge is 0.395 e. The van der Waals surface area contributed by atoms with Crippen LogP contribution in [0.4, 0.5) is 15.8 Å². The molecule has 0 aliphatic carbocycles. The van der Waals surface area contributed by atoms with Crippen molar-refractivity contribution in [1.82, 2.24) is 4.98 Å². The molecule has 3 nitrogen and oxygen atoms in total. The molecule has 0 unspecified atom stereocenters. The second kappa shape index (κ2) is 4.85. The zero-order chi connectivity index (χ0) is 13.2. The fourth-order valence-electron chi connectivity index (χ4n) is 1.91. The van der Waals surface area contributed by atoms with Crippen LogP contribution in [0.3, 0.4) is 0 Å². The van der Waals surface area contributed by atoms with Gasteiger partial charge in [0.05, 0.1) is 21.6 Å². The monoisotopic (exact) mass is 273 g/mol. The SMILES string of the molecule is Nc1c(NCc2ccc(F)cc2)ccc2scnc12. The second-order valence-corrected chi connectivity index (χ2v) is 5.09. The Morgan fingerprint density at radius 1 is 1.16 bits per heavy atom. The number of thiazole rings is 1. The number of hydrogen-bond acceptors (Lipinski definition) is 4. The standard InChI is InChI=1S/C14H12FN3S/c15-10-3-1-9(2-4-10)7-17-11-5-6-12-14(13(11)16)18-8-19-12/h1-6,8,17H,7,16H2. The lowest BCUT2D eigenvalue weighted by Gasteiger charge is -2.09. The summed E-state index contributed by atoms with van der Waals surface area (Å²) in [6, 6.07) is 10.3. The maximum atomic E-state index is 12.8. The summed E-state index contributed by atoms with van der Waals surface area (Å²) in [5.74, 6) is -0.229. The van der Waals surface area contributed by atoms with Gasteiger partial charge in [0.2, 0.25) is 0 Å². The lowest BCUT2D eigenvalue weighted by Crippen LogP contribution is -2.02. The molecule has 1 heterocycles. The van der Waals surface area contributed by atoms with E-state index in [1.165, 1.54) is 12.1 Å². The van der Waals surface area contributed by atoms with Gasteiger partial charge in [-0.15, -0.1) is 11.3 Å². The highest BCUT2D eigenvalue weighted by Gasteiger charge is 2.06. The Morgan fingerprint density at radius 2 is 1.95 bits per heavy atom. The number of anilines is 2. The highest BCUT2D eigenvalue weighted by molar-refractivity contribution is 7.16. The Hall–Kier alpha value is -2.14. The molecule has 2 aromatic carbocycles. The van der Waals surface area contributed by atoms with E-state index in [2.05, 4.69) is 10.3 Å². The molecule has 19 heavy (non-hydrogen) atoms. The van der Waals surface area contributed by atoms with Crippen LogP contribution in [0.5, 0.6) is 0 Å². The third-order valence-corrected chi connectivity index (χ3v) is 3.73. The smallest absolute Gasteiger partial charge is 0.123 e. The first kappa shape index (κ1) is 11.9. The van der Waals surface area contributed by atoms with E-state index in [0.29, 0.717) is 12.2 Å². The lowest BCUT2D eigenvalue weighted by molar-refractivity contribution is 0.627. The Labute approximate surface area is 113 Å². The highest BCUT2D eigenvalue weighted by atomic mass is 32.1. The zero-order valence-electron chi connectivity index (χ0n) is 10.1. The van der Waals surface area contributed by atoms with Gasteiger partial charge in [-0.25, -0.2) is 9.37 Å². The van der Waals surface area contributed by atoms with Crippen molar-refractivity contribution < 1.29 is 4.39 Å². The Balaban J connectivity index is 1.81. The number of nitrogens with zero attached hydrogens (tertiary/aromatic N) is 1. The van der Waals surface area contributed by atoms with Crippen molar-refractivity contribution in [1.29, 1.82) is 0 Å². The number of hydrogen-bond donors (Lipinski definition) is 2. The minimum atomic E-state index is -0.229. The molecule has 0 spiro atoms. The minimum absolute atomic E-state index is 0.229. The lowest BCUT2D eigenvalue weighted by atomic mass is 10.2. The van der Waals surface area contributed by atoms with Gasteiger partial charge in [-0.05, 0) is 29.8 Å². The number of aromatic nitrogens is 1. The van der Waals surface area contributed by atoms with Crippen LogP contribution in [0, 0.1) is 5.82 Å². The summed E-state index contributed by atoms with van der Waals surface area (Å²) in [6.45, 7) is 0.597. The van der Waals surface area contributed by atoms with E-state index in [1.807, 2.05) is 12.1 Å². The molecular formula is C14H12FN3S. The molecule has 0 bridgehead atoms. The molecule has 0 aliphatic rings. The molecule has 0 fully saturated rings. The van der Waals surface area contributed by atoms with Crippen LogP contribution in [0.1, 0.15) is 5.56 Å². The number of nitrogens with two attached hydrogens (primary N) is 1. The predicted octanol–water partition coefficient (Wildman–Crippen LogP) is 3.63. The molecule has 0 atom stereocenters. The van der Waals surface area contributed by atoms with Gasteiger partial charge in [0.15, 0.2) is 0 Å². The van der Waals surface area contributed by atoms with Gasteiger partial charge < -0.3 is 11.1 Å². The first-order valence-corrected chi connectivity index (χ1v) is 6.72. The number of nitrogens with one attached hydrogen (secondary N) is 1. The van der Waals surface area contributed by atoms with E-state index in [-0.39, 0.29) is 5.82 Å². The van der Waals surface area contributed by atoms with Crippen molar-refractivity contribution in [2.45, 2.75) is 6.54 Å². The summed E-state index contributed by atoms with van der Waals surface area (Å²) in [5.41, 5.74) is 11.2. The first-order valence-electron chi connectivity index (χ1n) is 5.84. The number of nitrogen functional groups attached to an aromatic ring is 1. The van der Waals surface area contributed by atoms with Crippen molar-refractivity contribution >= 4 is 32.9 Å². The third-order valence-electron chi connectivity index (χ3n) is 2.94. The molecule has 3 N–H and O–H groups in total. The molecule has 5 heteroatoms. The van der Waals surface area contributed by atoms with Gasteiger partial charge in [-0.1, -0.05) is 12.1 Å². The van der Waals surface area contributed by atoms with Gasteiger partial charge in [0.1, 0.15) is 11.3 Å². The molecule has 0 amide bonds. The van der Waals surface area contributed by atoms with Crippen LogP contribution in [-0.4, -0.2) is 4.98 Å². The number of halogens is 1. The fraction of sp³-hybridized carbons (Fsp3) is 0.0714. The summed E-state index contributed by atoms with van der Waals surface area (Å²) < 4.78 is 13.9. The van der Waals surface area contributed by atoms with Gasteiger partial charge in [0, 0.05) is 6.54 Å². The molecule has 0 saturated heterocycles. The molecule has 3 aromatic rings. The Kier molecular flexibility index (Phi) is 3.05. The van der Waals surface area contributed by atoms with Crippen LogP contribution >= 0.6 is 11.3 Å². The second-order valence-electron chi connectivity index (χ2n) is 4.21. The van der Waals surface area contributed by atoms with Gasteiger partial charge in [0.25, 0.3) is 0 Å². The molecule has 0 aliphatic heterocycles. The van der Waals surface area contributed by atoms with Gasteiger partial charge in [-0.2, -0.15) is 0 Å². The van der Waals surface area contributed by atoms with E-state index in [4.69, 9.17) is 5.73 Å². The maximum absolute atomic E-state index is 12.8. The average molecular weight is 273 g/mol. The fourth-order valence-corrected chi connectivity index (χ4v) is 2.60. The molecule has 96 valence electrons. The summed E-state index contributed by atoms with van der Waals surface area (Å²) >= 11 is 1.57. The van der Waals surface area contributed by atoms with E-state index in [1.54, 1.807) is 29.0 Å².